The van der Waals surface area contributed by atoms with E-state index in [9.17, 15) is 0 Å². The van der Waals surface area contributed by atoms with E-state index in [-0.39, 0.29) is 11.2 Å². The van der Waals surface area contributed by atoms with Crippen molar-refractivity contribution in [2.24, 2.45) is 23.5 Å². The molecule has 3 heteroatoms. The molecule has 0 aromatic heterocycles. The van der Waals surface area contributed by atoms with Crippen LogP contribution in [0.5, 0.6) is 0 Å². The zero-order valence-corrected chi connectivity index (χ0v) is 15.4. The van der Waals surface area contributed by atoms with E-state index in [0.717, 1.165) is 35.3 Å². The molecule has 2 aromatic carbocycles. The van der Waals surface area contributed by atoms with E-state index in [1.807, 2.05) is 36.4 Å². The molecular weight excluding hydrogens is 325 g/mol. The monoisotopic (exact) mass is 351 g/mol. The molecule has 3 unspecified atom stereocenters. The van der Waals surface area contributed by atoms with Crippen LogP contribution in [0.1, 0.15) is 32.1 Å². The third-order valence-corrected chi connectivity index (χ3v) is 11.2. The van der Waals surface area contributed by atoms with Crippen molar-refractivity contribution < 1.29 is 4.57 Å². The van der Waals surface area contributed by atoms with Crippen LogP contribution in [0, 0.1) is 17.8 Å². The van der Waals surface area contributed by atoms with Gasteiger partial charge in [-0.1, -0.05) is 60.7 Å². The maximum Gasteiger partial charge on any atom is 0.150 e. The van der Waals surface area contributed by atoms with Crippen molar-refractivity contribution in [3.63, 3.8) is 0 Å². The average molecular weight is 351 g/mol. The minimum Gasteiger partial charge on any atom is -0.326 e. The Balaban J connectivity index is 1.75. The number of rotatable bonds is 3. The topological polar surface area (TPSA) is 43.1 Å². The van der Waals surface area contributed by atoms with Crippen LogP contribution in [0.2, 0.25) is 0 Å². The molecule has 4 saturated carbocycles. The third kappa shape index (κ3) is 2.11. The van der Waals surface area contributed by atoms with Crippen LogP contribution in [0.15, 0.2) is 60.7 Å². The SMILES string of the molecule is NC1C2C[C@@H]3C[C@H](C2)CC1(P(=O)(c1ccccc1)c1ccccc1)C3. The Kier molecular flexibility index (Phi) is 3.53. The van der Waals surface area contributed by atoms with Gasteiger partial charge in [0, 0.05) is 21.8 Å². The largest absolute Gasteiger partial charge is 0.326 e. The second-order valence-electron chi connectivity index (χ2n) is 8.52. The molecule has 0 aliphatic heterocycles. The van der Waals surface area contributed by atoms with Crippen LogP contribution in [0.25, 0.3) is 0 Å². The maximum atomic E-state index is 15.0. The lowest BCUT2D eigenvalue weighted by Crippen LogP contribution is -2.65. The Morgan fingerprint density at radius 3 is 1.76 bits per heavy atom. The molecule has 0 saturated heterocycles. The minimum atomic E-state index is -2.80. The molecule has 0 heterocycles. The smallest absolute Gasteiger partial charge is 0.150 e. The van der Waals surface area contributed by atoms with Crippen LogP contribution in [-0.4, -0.2) is 11.2 Å². The van der Waals surface area contributed by atoms with Crippen LogP contribution in [0.4, 0.5) is 0 Å². The average Bonchev–Trinajstić information content (AvgIpc) is 2.66. The number of hydrogen-bond acceptors (Lipinski definition) is 2. The molecule has 25 heavy (non-hydrogen) atoms. The van der Waals surface area contributed by atoms with Crippen molar-refractivity contribution in [2.45, 2.75) is 43.3 Å². The van der Waals surface area contributed by atoms with E-state index in [4.69, 9.17) is 5.73 Å². The molecule has 4 fully saturated rings. The standard InChI is InChI=1S/C22H26NOP/c23-21-18-12-16-11-17(13-18)15-22(21,14-16)25(24,19-7-3-1-4-8-19)20-9-5-2-6-10-20/h1-10,16-18,21H,11-15,23H2/t16-,17+,18?,21?,22?. The summed E-state index contributed by atoms with van der Waals surface area (Å²) in [5.41, 5.74) is 6.89. The summed E-state index contributed by atoms with van der Waals surface area (Å²) < 4.78 is 15.0. The van der Waals surface area contributed by atoms with Gasteiger partial charge in [0.05, 0.1) is 0 Å². The van der Waals surface area contributed by atoms with Crippen molar-refractivity contribution in [1.82, 2.24) is 0 Å². The van der Waals surface area contributed by atoms with Crippen LogP contribution < -0.4 is 16.3 Å². The van der Waals surface area contributed by atoms with Gasteiger partial charge in [-0.25, -0.2) is 0 Å². The fraction of sp³-hybridized carbons (Fsp3) is 0.455. The normalized spacial score (nSPS) is 36.5. The zero-order valence-electron chi connectivity index (χ0n) is 14.6. The van der Waals surface area contributed by atoms with Crippen LogP contribution in [0.3, 0.4) is 0 Å². The van der Waals surface area contributed by atoms with Gasteiger partial charge < -0.3 is 10.3 Å². The summed E-state index contributed by atoms with van der Waals surface area (Å²) in [5.74, 6) is 2.00. The lowest BCUT2D eigenvalue weighted by Gasteiger charge is -2.62. The molecular formula is C22H26NOP. The molecule has 2 N–H and O–H groups in total. The summed E-state index contributed by atoms with van der Waals surface area (Å²) in [7, 11) is -2.80. The first kappa shape index (κ1) is 15.9. The Morgan fingerprint density at radius 1 is 0.800 bits per heavy atom. The van der Waals surface area contributed by atoms with E-state index in [2.05, 4.69) is 24.3 Å². The fourth-order valence-electron chi connectivity index (χ4n) is 6.44. The second-order valence-corrected chi connectivity index (χ2v) is 11.7. The van der Waals surface area contributed by atoms with Crippen molar-refractivity contribution >= 4 is 17.8 Å². The Morgan fingerprint density at radius 2 is 1.28 bits per heavy atom. The van der Waals surface area contributed by atoms with Crippen molar-refractivity contribution in [3.8, 4) is 0 Å². The molecule has 0 amide bonds. The first-order valence-electron chi connectivity index (χ1n) is 9.60. The number of hydrogen-bond donors (Lipinski definition) is 1. The van der Waals surface area contributed by atoms with Gasteiger partial charge in [0.25, 0.3) is 0 Å². The highest BCUT2D eigenvalue weighted by molar-refractivity contribution is 7.80. The van der Waals surface area contributed by atoms with Crippen LogP contribution in [-0.2, 0) is 4.57 Å². The second kappa shape index (κ2) is 5.56. The summed E-state index contributed by atoms with van der Waals surface area (Å²) in [6.45, 7) is 0. The van der Waals surface area contributed by atoms with Gasteiger partial charge in [0.1, 0.15) is 0 Å². The first-order chi connectivity index (χ1) is 12.1. The molecule has 130 valence electrons. The summed E-state index contributed by atoms with van der Waals surface area (Å²) in [5, 5.41) is 1.75. The predicted molar refractivity (Wildman–Crippen MR) is 104 cm³/mol. The van der Waals surface area contributed by atoms with Crippen LogP contribution >= 0.6 is 7.14 Å². The van der Waals surface area contributed by atoms with E-state index in [1.165, 1.54) is 19.3 Å². The lowest BCUT2D eigenvalue weighted by molar-refractivity contribution is 0.0150. The molecule has 4 bridgehead atoms. The van der Waals surface area contributed by atoms with E-state index in [0.29, 0.717) is 5.92 Å². The van der Waals surface area contributed by atoms with Gasteiger partial charge in [0.2, 0.25) is 0 Å². The Labute approximate surface area is 150 Å². The fourth-order valence-corrected chi connectivity index (χ4v) is 10.6. The van der Waals surface area contributed by atoms with Crippen molar-refractivity contribution in [2.75, 3.05) is 0 Å². The van der Waals surface area contributed by atoms with Crippen molar-refractivity contribution in [3.05, 3.63) is 60.7 Å². The van der Waals surface area contributed by atoms with E-state index >= 15 is 4.57 Å². The quantitative estimate of drug-likeness (QED) is 0.852. The lowest BCUT2D eigenvalue weighted by atomic mass is 9.54. The van der Waals surface area contributed by atoms with E-state index in [1.54, 1.807) is 0 Å². The molecule has 5 atom stereocenters. The molecule has 2 aromatic rings. The Bertz CT molecular complexity index is 761. The maximum absolute atomic E-state index is 15.0. The summed E-state index contributed by atoms with van der Waals surface area (Å²) in [6.07, 6.45) is 5.92. The zero-order chi connectivity index (χ0) is 17.1. The highest BCUT2D eigenvalue weighted by atomic mass is 31.2. The molecule has 2 nitrogen and oxygen atoms in total. The molecule has 4 aliphatic carbocycles. The molecule has 0 radical (unpaired) electrons. The molecule has 0 spiro atoms. The minimum absolute atomic E-state index is 0.0616. The van der Waals surface area contributed by atoms with Gasteiger partial charge >= 0.3 is 0 Å². The Hall–Kier alpha value is -1.37. The third-order valence-electron chi connectivity index (χ3n) is 7.22. The van der Waals surface area contributed by atoms with Gasteiger partial charge in [-0.2, -0.15) is 0 Å². The van der Waals surface area contributed by atoms with Crippen molar-refractivity contribution in [1.29, 1.82) is 0 Å². The summed E-state index contributed by atoms with van der Waals surface area (Å²) in [6, 6.07) is 20.5. The predicted octanol–water partition coefficient (Wildman–Crippen LogP) is 3.91. The number of nitrogens with two attached hydrogens (primary N) is 1. The molecule has 4 aliphatic rings. The highest BCUT2D eigenvalue weighted by Crippen LogP contribution is 2.71. The van der Waals surface area contributed by atoms with Gasteiger partial charge in [0.15, 0.2) is 7.14 Å². The van der Waals surface area contributed by atoms with E-state index < -0.39 is 7.14 Å². The van der Waals surface area contributed by atoms with Gasteiger partial charge in [-0.15, -0.1) is 0 Å². The summed E-state index contributed by atoms with van der Waals surface area (Å²) in [4.78, 5) is 0. The highest BCUT2D eigenvalue weighted by Gasteiger charge is 2.64. The molecule has 6 rings (SSSR count). The number of benzene rings is 2. The first-order valence-corrected chi connectivity index (χ1v) is 11.3. The van der Waals surface area contributed by atoms with Gasteiger partial charge in [-0.05, 0) is 49.9 Å². The summed E-state index contributed by atoms with van der Waals surface area (Å²) >= 11 is 0. The van der Waals surface area contributed by atoms with Gasteiger partial charge in [-0.3, -0.25) is 0 Å².